The minimum Gasteiger partial charge on any atom is -0.326 e. The first kappa shape index (κ1) is 13.5. The van der Waals surface area contributed by atoms with Crippen molar-refractivity contribution in [1.82, 2.24) is 9.78 Å². The molecular formula is C16H14FN3O. The number of halogens is 1. The minimum atomic E-state index is -0.317. The van der Waals surface area contributed by atoms with Crippen molar-refractivity contribution in [1.29, 1.82) is 0 Å². The predicted molar refractivity (Wildman–Crippen MR) is 79.4 cm³/mol. The van der Waals surface area contributed by atoms with Gasteiger partial charge in [0.25, 0.3) is 0 Å². The van der Waals surface area contributed by atoms with Gasteiger partial charge in [-0.2, -0.15) is 5.10 Å². The Morgan fingerprint density at radius 1 is 1.19 bits per heavy atom. The van der Waals surface area contributed by atoms with E-state index in [0.29, 0.717) is 23.0 Å². The number of para-hydroxylation sites is 1. The number of benzene rings is 2. The summed E-state index contributed by atoms with van der Waals surface area (Å²) in [5.41, 5.74) is 7.29. The summed E-state index contributed by atoms with van der Waals surface area (Å²) >= 11 is 0. The Kier molecular flexibility index (Phi) is 3.50. The number of aromatic nitrogens is 2. The molecule has 4 nitrogen and oxygen atoms in total. The molecule has 106 valence electrons. The van der Waals surface area contributed by atoms with Gasteiger partial charge in [0.2, 0.25) is 5.43 Å². The molecule has 5 heteroatoms. The van der Waals surface area contributed by atoms with Crippen LogP contribution in [0.25, 0.3) is 10.9 Å². The molecule has 0 amide bonds. The maximum Gasteiger partial charge on any atom is 0.207 e. The summed E-state index contributed by atoms with van der Waals surface area (Å²) in [6.45, 7) is 0.563. The molecule has 0 saturated heterocycles. The SMILES string of the molecule is NCc1ccc(Cn2ncc(=O)c3ccccc32)c(F)c1. The number of rotatable bonds is 3. The van der Waals surface area contributed by atoms with Gasteiger partial charge in [0, 0.05) is 17.5 Å². The maximum absolute atomic E-state index is 14.0. The summed E-state index contributed by atoms with van der Waals surface area (Å²) in [7, 11) is 0. The summed E-state index contributed by atoms with van der Waals surface area (Å²) in [5.74, 6) is -0.317. The lowest BCUT2D eigenvalue weighted by Crippen LogP contribution is -2.13. The van der Waals surface area contributed by atoms with Crippen LogP contribution in [0.2, 0.25) is 0 Å². The molecule has 0 unspecified atom stereocenters. The van der Waals surface area contributed by atoms with E-state index in [0.717, 1.165) is 5.56 Å². The molecule has 3 rings (SSSR count). The lowest BCUT2D eigenvalue weighted by molar-refractivity contribution is 0.586. The van der Waals surface area contributed by atoms with E-state index in [1.807, 2.05) is 6.07 Å². The molecule has 21 heavy (non-hydrogen) atoms. The maximum atomic E-state index is 14.0. The summed E-state index contributed by atoms with van der Waals surface area (Å²) < 4.78 is 15.7. The number of fused-ring (bicyclic) bond motifs is 1. The van der Waals surface area contributed by atoms with E-state index in [1.165, 1.54) is 12.3 Å². The fraction of sp³-hybridized carbons (Fsp3) is 0.125. The first-order valence-electron chi connectivity index (χ1n) is 6.61. The molecule has 2 aromatic carbocycles. The Hall–Kier alpha value is -2.53. The predicted octanol–water partition coefficient (Wildman–Crippen LogP) is 2.04. The summed E-state index contributed by atoms with van der Waals surface area (Å²) in [6.07, 6.45) is 1.26. The summed E-state index contributed by atoms with van der Waals surface area (Å²) in [4.78, 5) is 11.8. The lowest BCUT2D eigenvalue weighted by atomic mass is 10.1. The van der Waals surface area contributed by atoms with Crippen molar-refractivity contribution >= 4 is 10.9 Å². The van der Waals surface area contributed by atoms with Crippen LogP contribution in [0.4, 0.5) is 4.39 Å². The molecule has 0 atom stereocenters. The van der Waals surface area contributed by atoms with Gasteiger partial charge >= 0.3 is 0 Å². The van der Waals surface area contributed by atoms with Crippen LogP contribution < -0.4 is 11.2 Å². The highest BCUT2D eigenvalue weighted by Gasteiger charge is 2.08. The monoisotopic (exact) mass is 283 g/mol. The zero-order valence-corrected chi connectivity index (χ0v) is 11.3. The van der Waals surface area contributed by atoms with E-state index >= 15 is 0 Å². The fourth-order valence-electron chi connectivity index (χ4n) is 2.29. The second-order valence-electron chi connectivity index (χ2n) is 4.81. The van der Waals surface area contributed by atoms with E-state index < -0.39 is 0 Å². The minimum absolute atomic E-state index is 0.138. The van der Waals surface area contributed by atoms with Gasteiger partial charge in [0.1, 0.15) is 5.82 Å². The quantitative estimate of drug-likeness (QED) is 0.800. The molecule has 0 aliphatic rings. The molecule has 1 aromatic heterocycles. The van der Waals surface area contributed by atoms with E-state index in [4.69, 9.17) is 5.73 Å². The van der Waals surface area contributed by atoms with Crippen LogP contribution in [0.1, 0.15) is 11.1 Å². The third-order valence-corrected chi connectivity index (χ3v) is 3.44. The Bertz CT molecular complexity index is 858. The van der Waals surface area contributed by atoms with Crippen molar-refractivity contribution in [2.75, 3.05) is 0 Å². The molecule has 0 radical (unpaired) electrons. The molecule has 1 heterocycles. The van der Waals surface area contributed by atoms with Crippen molar-refractivity contribution in [3.63, 3.8) is 0 Å². The third-order valence-electron chi connectivity index (χ3n) is 3.44. The van der Waals surface area contributed by atoms with Gasteiger partial charge in [0.15, 0.2) is 0 Å². The molecule has 0 bridgehead atoms. The highest BCUT2D eigenvalue weighted by Crippen LogP contribution is 2.14. The standard InChI is InChI=1S/C16H14FN3O/c17-14-7-11(8-18)5-6-12(14)10-20-15-4-2-1-3-13(15)16(21)9-19-20/h1-7,9H,8,10,18H2. The third kappa shape index (κ3) is 2.55. The van der Waals surface area contributed by atoms with Gasteiger partial charge in [-0.25, -0.2) is 4.39 Å². The van der Waals surface area contributed by atoms with Gasteiger partial charge in [-0.3, -0.25) is 9.48 Å². The second kappa shape index (κ2) is 5.46. The highest BCUT2D eigenvalue weighted by atomic mass is 19.1. The lowest BCUT2D eigenvalue weighted by Gasteiger charge is -2.10. The first-order chi connectivity index (χ1) is 10.2. The van der Waals surface area contributed by atoms with Crippen LogP contribution in [0.3, 0.4) is 0 Å². The smallest absolute Gasteiger partial charge is 0.207 e. The fourth-order valence-corrected chi connectivity index (χ4v) is 2.29. The second-order valence-corrected chi connectivity index (χ2v) is 4.81. The van der Waals surface area contributed by atoms with Gasteiger partial charge in [-0.1, -0.05) is 24.3 Å². The zero-order valence-electron chi connectivity index (χ0n) is 11.3. The molecule has 0 aliphatic carbocycles. The average Bonchev–Trinajstić information content (AvgIpc) is 2.52. The molecular weight excluding hydrogens is 269 g/mol. The van der Waals surface area contributed by atoms with Crippen molar-refractivity contribution in [3.8, 4) is 0 Å². The molecule has 2 N–H and O–H groups in total. The Morgan fingerprint density at radius 2 is 2.00 bits per heavy atom. The molecule has 3 aromatic rings. The van der Waals surface area contributed by atoms with E-state index in [-0.39, 0.29) is 17.8 Å². The highest BCUT2D eigenvalue weighted by molar-refractivity contribution is 5.77. The Labute approximate surface area is 120 Å². The average molecular weight is 283 g/mol. The van der Waals surface area contributed by atoms with Gasteiger partial charge < -0.3 is 5.73 Å². The molecule has 0 saturated carbocycles. The Balaban J connectivity index is 2.06. The normalized spacial score (nSPS) is 11.0. The van der Waals surface area contributed by atoms with Crippen LogP contribution >= 0.6 is 0 Å². The number of hydrogen-bond acceptors (Lipinski definition) is 3. The summed E-state index contributed by atoms with van der Waals surface area (Å²) in [5, 5.41) is 4.67. The van der Waals surface area contributed by atoms with Crippen molar-refractivity contribution < 1.29 is 4.39 Å². The van der Waals surface area contributed by atoms with Crippen LogP contribution in [0.5, 0.6) is 0 Å². The van der Waals surface area contributed by atoms with E-state index in [9.17, 15) is 9.18 Å². The zero-order chi connectivity index (χ0) is 14.8. The van der Waals surface area contributed by atoms with Crippen LogP contribution in [-0.4, -0.2) is 9.78 Å². The number of nitrogens with zero attached hydrogens (tertiary/aromatic N) is 2. The van der Waals surface area contributed by atoms with Crippen LogP contribution in [0, 0.1) is 5.82 Å². The topological polar surface area (TPSA) is 60.9 Å². The van der Waals surface area contributed by atoms with Crippen molar-refractivity contribution in [2.45, 2.75) is 13.1 Å². The van der Waals surface area contributed by atoms with Crippen LogP contribution in [0.15, 0.2) is 53.5 Å². The molecule has 0 fully saturated rings. The van der Waals surface area contributed by atoms with Crippen molar-refractivity contribution in [3.05, 3.63) is 75.8 Å². The van der Waals surface area contributed by atoms with E-state index in [1.54, 1.807) is 35.0 Å². The Morgan fingerprint density at radius 3 is 2.76 bits per heavy atom. The number of hydrogen-bond donors (Lipinski definition) is 1. The van der Waals surface area contributed by atoms with Gasteiger partial charge in [0.05, 0.1) is 18.3 Å². The number of nitrogens with two attached hydrogens (primary N) is 1. The van der Waals surface area contributed by atoms with E-state index in [2.05, 4.69) is 5.10 Å². The van der Waals surface area contributed by atoms with Gasteiger partial charge in [-0.15, -0.1) is 0 Å². The van der Waals surface area contributed by atoms with Gasteiger partial charge in [-0.05, 0) is 23.8 Å². The van der Waals surface area contributed by atoms with Crippen molar-refractivity contribution in [2.24, 2.45) is 5.73 Å². The summed E-state index contributed by atoms with van der Waals surface area (Å²) in [6, 6.07) is 12.1. The molecule has 0 spiro atoms. The molecule has 0 aliphatic heterocycles. The first-order valence-corrected chi connectivity index (χ1v) is 6.61. The van der Waals surface area contributed by atoms with Crippen LogP contribution in [-0.2, 0) is 13.1 Å². The largest absolute Gasteiger partial charge is 0.326 e.